The van der Waals surface area contributed by atoms with Crippen molar-refractivity contribution in [2.75, 3.05) is 23.7 Å². The minimum atomic E-state index is -0.111. The molecule has 8 nitrogen and oxygen atoms in total. The van der Waals surface area contributed by atoms with E-state index in [4.69, 9.17) is 5.73 Å². The molecule has 1 atom stereocenters. The molecule has 23 heavy (non-hydrogen) atoms. The highest BCUT2D eigenvalue weighted by Crippen LogP contribution is 2.27. The van der Waals surface area contributed by atoms with Crippen LogP contribution in [0.3, 0.4) is 0 Å². The lowest BCUT2D eigenvalue weighted by Crippen LogP contribution is -2.39. The number of aromatic nitrogens is 4. The Morgan fingerprint density at radius 1 is 1.52 bits per heavy atom. The maximum absolute atomic E-state index is 12.2. The van der Waals surface area contributed by atoms with Crippen LogP contribution in [0.4, 0.5) is 5.82 Å². The van der Waals surface area contributed by atoms with Crippen molar-refractivity contribution in [2.45, 2.75) is 13.0 Å². The number of hydrogen-bond donors (Lipinski definition) is 3. The summed E-state index contributed by atoms with van der Waals surface area (Å²) >= 11 is 1.52. The molecule has 0 saturated heterocycles. The second kappa shape index (κ2) is 7.62. The van der Waals surface area contributed by atoms with E-state index in [1.165, 1.54) is 18.1 Å². The highest BCUT2D eigenvalue weighted by atomic mass is 35.5. The standard InChI is InChI=1S/C13H17N7OS.ClH/c1-8(4-14)19-13(21)9-5-20(2-3-22-9)12-10-11(16-6-15-10)17-7-18-12;/h5-8H,2-4,14H2,1H3,(H,19,21)(H,15,16,17,18);1H/t8-;/m1./s1. The molecule has 0 aliphatic carbocycles. The molecule has 0 aromatic carbocycles. The molecule has 0 saturated carbocycles. The van der Waals surface area contributed by atoms with Crippen molar-refractivity contribution < 1.29 is 4.79 Å². The molecule has 0 spiro atoms. The zero-order valence-corrected chi connectivity index (χ0v) is 14.2. The van der Waals surface area contributed by atoms with Crippen molar-refractivity contribution in [3.8, 4) is 0 Å². The van der Waals surface area contributed by atoms with Gasteiger partial charge < -0.3 is 20.9 Å². The lowest BCUT2D eigenvalue weighted by molar-refractivity contribution is -0.117. The van der Waals surface area contributed by atoms with Crippen molar-refractivity contribution in [3.63, 3.8) is 0 Å². The predicted octanol–water partition coefficient (Wildman–Crippen LogP) is 0.633. The van der Waals surface area contributed by atoms with Crippen molar-refractivity contribution in [2.24, 2.45) is 5.73 Å². The first-order valence-electron chi connectivity index (χ1n) is 6.95. The molecule has 2 aromatic heterocycles. The van der Waals surface area contributed by atoms with Crippen LogP contribution in [-0.2, 0) is 4.79 Å². The van der Waals surface area contributed by atoms with Crippen molar-refractivity contribution in [1.29, 1.82) is 0 Å². The molecule has 0 fully saturated rings. The van der Waals surface area contributed by atoms with Gasteiger partial charge in [0.1, 0.15) is 6.33 Å². The number of imidazole rings is 1. The number of nitrogens with zero attached hydrogens (tertiary/aromatic N) is 4. The van der Waals surface area contributed by atoms with Crippen molar-refractivity contribution >= 4 is 47.1 Å². The van der Waals surface area contributed by atoms with E-state index in [1.54, 1.807) is 6.33 Å². The molecule has 0 unspecified atom stereocenters. The molecule has 3 rings (SSSR count). The van der Waals surface area contributed by atoms with Gasteiger partial charge in [-0.2, -0.15) is 0 Å². The number of carbonyl (C=O) groups is 1. The van der Waals surface area contributed by atoms with Gasteiger partial charge in [0.15, 0.2) is 17.0 Å². The van der Waals surface area contributed by atoms with Gasteiger partial charge in [-0.3, -0.25) is 4.79 Å². The zero-order valence-electron chi connectivity index (χ0n) is 12.5. The number of carbonyl (C=O) groups excluding carboxylic acids is 1. The number of aromatic amines is 1. The molecule has 1 aliphatic heterocycles. The maximum atomic E-state index is 12.2. The monoisotopic (exact) mass is 355 g/mol. The van der Waals surface area contributed by atoms with Crippen LogP contribution in [0.25, 0.3) is 11.2 Å². The average Bonchev–Trinajstić information content (AvgIpc) is 3.03. The number of halogens is 1. The normalized spacial score (nSPS) is 15.7. The molecule has 4 N–H and O–H groups in total. The van der Waals surface area contributed by atoms with Gasteiger partial charge in [0, 0.05) is 31.1 Å². The van der Waals surface area contributed by atoms with Crippen LogP contribution in [0, 0.1) is 0 Å². The van der Waals surface area contributed by atoms with Crippen LogP contribution >= 0.6 is 24.2 Å². The van der Waals surface area contributed by atoms with Crippen molar-refractivity contribution in [3.05, 3.63) is 23.8 Å². The van der Waals surface area contributed by atoms with Gasteiger partial charge in [-0.05, 0) is 6.92 Å². The zero-order chi connectivity index (χ0) is 15.5. The third kappa shape index (κ3) is 3.74. The van der Waals surface area contributed by atoms with Crippen LogP contribution in [0.1, 0.15) is 6.92 Å². The van der Waals surface area contributed by atoms with Gasteiger partial charge in [-0.1, -0.05) is 0 Å². The summed E-state index contributed by atoms with van der Waals surface area (Å²) in [7, 11) is 0. The van der Waals surface area contributed by atoms with Gasteiger partial charge in [0.25, 0.3) is 5.91 Å². The summed E-state index contributed by atoms with van der Waals surface area (Å²) in [5.74, 6) is 1.38. The van der Waals surface area contributed by atoms with Gasteiger partial charge >= 0.3 is 0 Å². The molecule has 3 heterocycles. The minimum Gasteiger partial charge on any atom is -0.348 e. The number of fused-ring (bicyclic) bond motifs is 1. The number of nitrogens with one attached hydrogen (secondary N) is 2. The summed E-state index contributed by atoms with van der Waals surface area (Å²) in [4.78, 5) is 30.4. The first-order chi connectivity index (χ1) is 10.7. The Morgan fingerprint density at radius 2 is 2.35 bits per heavy atom. The molecule has 0 bridgehead atoms. The number of hydrogen-bond acceptors (Lipinski definition) is 7. The summed E-state index contributed by atoms with van der Waals surface area (Å²) in [6.45, 7) is 3.04. The van der Waals surface area contributed by atoms with Crippen LogP contribution in [-0.4, -0.2) is 50.7 Å². The van der Waals surface area contributed by atoms with Crippen molar-refractivity contribution in [1.82, 2.24) is 25.3 Å². The van der Waals surface area contributed by atoms with E-state index < -0.39 is 0 Å². The van der Waals surface area contributed by atoms with Crippen LogP contribution in [0.15, 0.2) is 23.8 Å². The topological polar surface area (TPSA) is 113 Å². The highest BCUT2D eigenvalue weighted by Gasteiger charge is 2.21. The molecule has 1 aliphatic rings. The Bertz CT molecular complexity index is 719. The fourth-order valence-electron chi connectivity index (χ4n) is 2.10. The number of rotatable bonds is 4. The Morgan fingerprint density at radius 3 is 3.13 bits per heavy atom. The lowest BCUT2D eigenvalue weighted by Gasteiger charge is -2.25. The Hall–Kier alpha value is -1.84. The van der Waals surface area contributed by atoms with Gasteiger partial charge in [-0.25, -0.2) is 15.0 Å². The van der Waals surface area contributed by atoms with E-state index in [0.29, 0.717) is 28.4 Å². The smallest absolute Gasteiger partial charge is 0.259 e. The van der Waals surface area contributed by atoms with E-state index in [-0.39, 0.29) is 24.4 Å². The maximum Gasteiger partial charge on any atom is 0.259 e. The third-order valence-corrected chi connectivity index (χ3v) is 4.28. The first-order valence-corrected chi connectivity index (χ1v) is 7.94. The summed E-state index contributed by atoms with van der Waals surface area (Å²) < 4.78 is 0. The average molecular weight is 356 g/mol. The predicted molar refractivity (Wildman–Crippen MR) is 93.5 cm³/mol. The molecule has 2 aromatic rings. The number of amides is 1. The van der Waals surface area contributed by atoms with E-state index in [9.17, 15) is 4.79 Å². The van der Waals surface area contributed by atoms with E-state index in [1.807, 2.05) is 18.0 Å². The second-order valence-electron chi connectivity index (χ2n) is 4.94. The molecular formula is C13H18ClN7OS. The third-order valence-electron chi connectivity index (χ3n) is 3.29. The van der Waals surface area contributed by atoms with Crippen LogP contribution < -0.4 is 16.0 Å². The Balaban J connectivity index is 0.00000192. The molecular weight excluding hydrogens is 338 g/mol. The highest BCUT2D eigenvalue weighted by molar-refractivity contribution is 8.04. The SMILES string of the molecule is C[C@H](CN)NC(=O)C1=CN(c2ncnc3[nH]cnc23)CCS1.Cl. The van der Waals surface area contributed by atoms with E-state index in [0.717, 1.165) is 12.3 Å². The molecule has 10 heteroatoms. The fraction of sp³-hybridized carbons (Fsp3) is 0.385. The number of nitrogens with two attached hydrogens (primary N) is 1. The summed E-state index contributed by atoms with van der Waals surface area (Å²) in [5.41, 5.74) is 6.91. The number of H-pyrrole nitrogens is 1. The number of thioether (sulfide) groups is 1. The van der Waals surface area contributed by atoms with Gasteiger partial charge in [0.2, 0.25) is 0 Å². The molecule has 1 amide bonds. The minimum absolute atomic E-state index is 0. The van der Waals surface area contributed by atoms with Gasteiger partial charge in [0.05, 0.1) is 11.2 Å². The quantitative estimate of drug-likeness (QED) is 0.737. The fourth-order valence-corrected chi connectivity index (χ4v) is 3.00. The Kier molecular flexibility index (Phi) is 5.80. The summed E-state index contributed by atoms with van der Waals surface area (Å²) in [5, 5.41) is 2.87. The number of anilines is 1. The Labute approximate surface area is 143 Å². The summed E-state index contributed by atoms with van der Waals surface area (Å²) in [6, 6.07) is -0.0542. The van der Waals surface area contributed by atoms with Crippen LogP contribution in [0.2, 0.25) is 0 Å². The largest absolute Gasteiger partial charge is 0.348 e. The van der Waals surface area contributed by atoms with Crippen LogP contribution in [0.5, 0.6) is 0 Å². The van der Waals surface area contributed by atoms with E-state index >= 15 is 0 Å². The van der Waals surface area contributed by atoms with E-state index in [2.05, 4.69) is 25.3 Å². The molecule has 124 valence electrons. The summed E-state index contributed by atoms with van der Waals surface area (Å²) in [6.07, 6.45) is 4.88. The second-order valence-corrected chi connectivity index (χ2v) is 6.08. The van der Waals surface area contributed by atoms with Gasteiger partial charge in [-0.15, -0.1) is 24.2 Å². The lowest BCUT2D eigenvalue weighted by atomic mass is 10.3. The first kappa shape index (κ1) is 17.5. The molecule has 0 radical (unpaired) electrons.